The van der Waals surface area contributed by atoms with Gasteiger partial charge in [-0.15, -0.1) is 0 Å². The largest absolute Gasteiger partial charge is 0.490 e. The van der Waals surface area contributed by atoms with Crippen LogP contribution < -0.4 is 10.1 Å². The lowest BCUT2D eigenvalue weighted by atomic mass is 9.98. The second-order valence-electron chi connectivity index (χ2n) is 5.43. The monoisotopic (exact) mass is 285 g/mol. The molecular weight excluding hydrogens is 265 g/mol. The number of ether oxygens (including phenoxy) is 1. The van der Waals surface area contributed by atoms with E-state index in [4.69, 9.17) is 4.74 Å². The summed E-state index contributed by atoms with van der Waals surface area (Å²) >= 11 is 0. The molecule has 0 heterocycles. The van der Waals surface area contributed by atoms with Crippen molar-refractivity contribution in [2.24, 2.45) is 0 Å². The Hall–Kier alpha value is -1.87. The molecule has 0 radical (unpaired) electrons. The van der Waals surface area contributed by atoms with E-state index in [2.05, 4.69) is 24.4 Å². The van der Waals surface area contributed by atoms with Crippen LogP contribution in [0.2, 0.25) is 0 Å². The Labute approximate surface area is 125 Å². The first-order valence-electron chi connectivity index (χ1n) is 7.51. The van der Waals surface area contributed by atoms with Crippen molar-refractivity contribution in [3.63, 3.8) is 0 Å². The first-order valence-corrected chi connectivity index (χ1v) is 7.51. The zero-order valence-electron chi connectivity index (χ0n) is 12.2. The van der Waals surface area contributed by atoms with E-state index in [0.29, 0.717) is 6.10 Å². The highest BCUT2D eigenvalue weighted by Gasteiger charge is 2.23. The van der Waals surface area contributed by atoms with Gasteiger partial charge in [-0.25, -0.2) is 4.39 Å². The molecule has 0 aromatic heterocycles. The van der Waals surface area contributed by atoms with Crippen molar-refractivity contribution in [3.05, 3.63) is 65.5 Å². The van der Waals surface area contributed by atoms with Gasteiger partial charge in [0.25, 0.3) is 0 Å². The van der Waals surface area contributed by atoms with Crippen LogP contribution in [0, 0.1) is 5.82 Å². The zero-order chi connectivity index (χ0) is 14.7. The summed E-state index contributed by atoms with van der Waals surface area (Å²) in [6.07, 6.45) is 2.74. The maximum absolute atomic E-state index is 13.1. The number of benzene rings is 2. The number of hydrogen-bond acceptors (Lipinski definition) is 2. The van der Waals surface area contributed by atoms with E-state index in [0.717, 1.165) is 36.3 Å². The third kappa shape index (κ3) is 3.61. The molecule has 0 spiro atoms. The van der Waals surface area contributed by atoms with Gasteiger partial charge in [0, 0.05) is 0 Å². The average Bonchev–Trinajstić information content (AvgIpc) is 3.31. The molecule has 2 aromatic rings. The van der Waals surface area contributed by atoms with E-state index in [-0.39, 0.29) is 11.9 Å². The Morgan fingerprint density at radius 3 is 2.14 bits per heavy atom. The van der Waals surface area contributed by atoms with E-state index < -0.39 is 0 Å². The topological polar surface area (TPSA) is 21.3 Å². The Morgan fingerprint density at radius 2 is 1.62 bits per heavy atom. The van der Waals surface area contributed by atoms with Crippen LogP contribution in [-0.2, 0) is 0 Å². The van der Waals surface area contributed by atoms with Crippen LogP contribution >= 0.6 is 0 Å². The van der Waals surface area contributed by atoms with Crippen molar-refractivity contribution < 1.29 is 9.13 Å². The van der Waals surface area contributed by atoms with E-state index >= 15 is 0 Å². The van der Waals surface area contributed by atoms with Gasteiger partial charge in [0.05, 0.1) is 12.1 Å². The third-order valence-electron chi connectivity index (χ3n) is 3.65. The molecule has 0 aliphatic heterocycles. The van der Waals surface area contributed by atoms with Crippen molar-refractivity contribution in [2.75, 3.05) is 6.54 Å². The number of hydrogen-bond donors (Lipinski definition) is 1. The van der Waals surface area contributed by atoms with E-state index in [1.165, 1.54) is 12.1 Å². The maximum atomic E-state index is 13.1. The zero-order valence-corrected chi connectivity index (χ0v) is 12.2. The van der Waals surface area contributed by atoms with E-state index in [1.807, 2.05) is 24.3 Å². The minimum absolute atomic E-state index is 0.0746. The Bertz CT molecular complexity index is 575. The normalized spacial score (nSPS) is 15.7. The van der Waals surface area contributed by atoms with Crippen molar-refractivity contribution in [1.82, 2.24) is 5.32 Å². The predicted molar refractivity (Wildman–Crippen MR) is 82.0 cm³/mol. The fraction of sp³-hybridized carbons (Fsp3) is 0.333. The Kier molecular flexibility index (Phi) is 4.20. The average molecular weight is 285 g/mol. The predicted octanol–water partition coefficient (Wildman–Crippen LogP) is 4.07. The number of rotatable bonds is 6. The molecule has 0 saturated heterocycles. The minimum atomic E-state index is -0.206. The molecule has 1 N–H and O–H groups in total. The summed E-state index contributed by atoms with van der Waals surface area (Å²) in [4.78, 5) is 0. The van der Waals surface area contributed by atoms with Crippen LogP contribution in [0.1, 0.15) is 36.9 Å². The lowest BCUT2D eigenvalue weighted by molar-refractivity contribution is 0.303. The third-order valence-corrected chi connectivity index (χ3v) is 3.65. The molecule has 0 amide bonds. The highest BCUT2D eigenvalue weighted by atomic mass is 19.1. The molecule has 1 unspecified atom stereocenters. The second-order valence-corrected chi connectivity index (χ2v) is 5.43. The van der Waals surface area contributed by atoms with Crippen LogP contribution in [0.25, 0.3) is 0 Å². The minimum Gasteiger partial charge on any atom is -0.490 e. The van der Waals surface area contributed by atoms with Crippen LogP contribution in [0.15, 0.2) is 48.5 Å². The molecule has 110 valence electrons. The molecule has 2 aromatic carbocycles. The highest BCUT2D eigenvalue weighted by Crippen LogP contribution is 2.29. The molecule has 2 nitrogen and oxygen atoms in total. The molecule has 21 heavy (non-hydrogen) atoms. The van der Waals surface area contributed by atoms with Gasteiger partial charge in [-0.2, -0.15) is 0 Å². The van der Waals surface area contributed by atoms with Crippen molar-refractivity contribution >= 4 is 0 Å². The highest BCUT2D eigenvalue weighted by molar-refractivity contribution is 5.35. The smallest absolute Gasteiger partial charge is 0.123 e. The summed E-state index contributed by atoms with van der Waals surface area (Å²) < 4.78 is 18.9. The summed E-state index contributed by atoms with van der Waals surface area (Å²) in [5.74, 6) is 0.720. The molecule has 1 fully saturated rings. The lowest BCUT2D eigenvalue weighted by Crippen LogP contribution is -2.21. The molecule has 1 aliphatic rings. The van der Waals surface area contributed by atoms with Gasteiger partial charge in [-0.3, -0.25) is 0 Å². The van der Waals surface area contributed by atoms with Crippen LogP contribution in [0.5, 0.6) is 5.75 Å². The van der Waals surface area contributed by atoms with Gasteiger partial charge in [0.2, 0.25) is 0 Å². The Balaban J connectivity index is 1.80. The van der Waals surface area contributed by atoms with Gasteiger partial charge >= 0.3 is 0 Å². The molecular formula is C18H20FNO. The fourth-order valence-electron chi connectivity index (χ4n) is 2.40. The molecule has 1 aliphatic carbocycles. The summed E-state index contributed by atoms with van der Waals surface area (Å²) in [5, 5.41) is 3.44. The maximum Gasteiger partial charge on any atom is 0.123 e. The number of nitrogens with one attached hydrogen (secondary N) is 1. The van der Waals surface area contributed by atoms with Crippen molar-refractivity contribution in [1.29, 1.82) is 0 Å². The molecule has 1 atom stereocenters. The molecule has 1 saturated carbocycles. The van der Waals surface area contributed by atoms with Gasteiger partial charge in [-0.1, -0.05) is 31.2 Å². The Morgan fingerprint density at radius 1 is 1.05 bits per heavy atom. The molecule has 0 bridgehead atoms. The first kappa shape index (κ1) is 14.1. The van der Waals surface area contributed by atoms with Crippen LogP contribution in [0.3, 0.4) is 0 Å². The van der Waals surface area contributed by atoms with Gasteiger partial charge in [-0.05, 0) is 54.8 Å². The van der Waals surface area contributed by atoms with Crippen molar-refractivity contribution in [2.45, 2.75) is 31.9 Å². The van der Waals surface area contributed by atoms with Gasteiger partial charge < -0.3 is 10.1 Å². The summed E-state index contributed by atoms with van der Waals surface area (Å²) in [7, 11) is 0. The van der Waals surface area contributed by atoms with Gasteiger partial charge in [0.1, 0.15) is 11.6 Å². The summed E-state index contributed by atoms with van der Waals surface area (Å²) in [6, 6.07) is 14.9. The molecule has 3 rings (SSSR count). The first-order chi connectivity index (χ1) is 10.3. The standard InChI is InChI=1S/C18H20FNO/c1-2-20-18(13-3-7-15(19)8-4-13)14-5-9-16(10-6-14)21-17-11-12-17/h3-10,17-18,20H,2,11-12H2,1H3. The SMILES string of the molecule is CCNC(c1ccc(F)cc1)c1ccc(OC2CC2)cc1. The second kappa shape index (κ2) is 6.27. The van der Waals surface area contributed by atoms with E-state index in [9.17, 15) is 4.39 Å². The number of halogens is 1. The van der Waals surface area contributed by atoms with Crippen LogP contribution in [-0.4, -0.2) is 12.6 Å². The van der Waals surface area contributed by atoms with E-state index in [1.54, 1.807) is 0 Å². The van der Waals surface area contributed by atoms with Gasteiger partial charge in [0.15, 0.2) is 0 Å². The fourth-order valence-corrected chi connectivity index (χ4v) is 2.40. The lowest BCUT2D eigenvalue weighted by Gasteiger charge is -2.19. The van der Waals surface area contributed by atoms with Crippen molar-refractivity contribution in [3.8, 4) is 5.75 Å². The quantitative estimate of drug-likeness (QED) is 0.864. The summed E-state index contributed by atoms with van der Waals surface area (Å²) in [6.45, 7) is 2.92. The molecule has 3 heteroatoms. The van der Waals surface area contributed by atoms with Crippen LogP contribution in [0.4, 0.5) is 4.39 Å². The summed E-state index contributed by atoms with van der Waals surface area (Å²) in [5.41, 5.74) is 2.22.